The molecule has 2 aliphatic heterocycles. The smallest absolute Gasteiger partial charge is 0.410 e. The number of benzene rings is 1. The summed E-state index contributed by atoms with van der Waals surface area (Å²) >= 11 is 5.28. The Labute approximate surface area is 401 Å². The molecule has 66 heavy (non-hydrogen) atoms. The van der Waals surface area contributed by atoms with Gasteiger partial charge in [0, 0.05) is 58.5 Å². The number of carbonyl (C=O) groups excluding carboxylic acids is 7. The van der Waals surface area contributed by atoms with E-state index in [1.807, 2.05) is 46.7 Å². The number of amides is 6. The second-order valence-electron chi connectivity index (χ2n) is 18.7. The summed E-state index contributed by atoms with van der Waals surface area (Å²) in [4.78, 5) is 99.8. The zero-order valence-corrected chi connectivity index (χ0v) is 42.3. The van der Waals surface area contributed by atoms with Crippen molar-refractivity contribution in [2.45, 2.75) is 134 Å². The topological polar surface area (TPSA) is 196 Å². The summed E-state index contributed by atoms with van der Waals surface area (Å²) in [5.41, 5.74) is 0.730. The van der Waals surface area contributed by atoms with Crippen molar-refractivity contribution in [3.8, 4) is 5.75 Å². The van der Waals surface area contributed by atoms with Gasteiger partial charge in [-0.1, -0.05) is 53.2 Å². The molecule has 1 aliphatic carbocycles. The maximum Gasteiger partial charge on any atom is 0.415 e. The number of piperidine rings is 1. The Hall–Kier alpha value is -3.91. The summed E-state index contributed by atoms with van der Waals surface area (Å²) in [5.74, 6) is -2.08. The number of likely N-dealkylation sites (N-methyl/N-ethyl adjacent to an activating group) is 2. The van der Waals surface area contributed by atoms with Crippen LogP contribution in [0.3, 0.4) is 0 Å². The molecular formula is C47H75N7O10S2. The first-order chi connectivity index (χ1) is 31.3. The van der Waals surface area contributed by atoms with Crippen molar-refractivity contribution in [1.82, 2.24) is 35.0 Å². The van der Waals surface area contributed by atoms with Crippen molar-refractivity contribution in [2.75, 3.05) is 61.5 Å². The third-order valence-electron chi connectivity index (χ3n) is 13.3. The van der Waals surface area contributed by atoms with Gasteiger partial charge in [-0.2, -0.15) is 0 Å². The van der Waals surface area contributed by atoms with Crippen molar-refractivity contribution in [3.63, 3.8) is 0 Å². The Balaban J connectivity index is 1.41. The Morgan fingerprint density at radius 2 is 1.52 bits per heavy atom. The largest absolute Gasteiger partial charge is 0.415 e. The molecule has 6 amide bonds. The molecule has 8 atom stereocenters. The van der Waals surface area contributed by atoms with Gasteiger partial charge in [-0.05, 0) is 94.1 Å². The van der Waals surface area contributed by atoms with Gasteiger partial charge in [-0.15, -0.1) is 12.6 Å². The van der Waals surface area contributed by atoms with Crippen LogP contribution in [0.25, 0.3) is 0 Å². The molecule has 17 nitrogen and oxygen atoms in total. The van der Waals surface area contributed by atoms with Crippen LogP contribution < -0.4 is 20.1 Å². The van der Waals surface area contributed by atoms with Gasteiger partial charge in [-0.25, -0.2) is 4.79 Å². The van der Waals surface area contributed by atoms with Gasteiger partial charge in [-0.3, -0.25) is 38.4 Å². The van der Waals surface area contributed by atoms with E-state index in [2.05, 4.69) is 28.0 Å². The summed E-state index contributed by atoms with van der Waals surface area (Å²) in [6, 6.07) is 4.54. The van der Waals surface area contributed by atoms with E-state index in [0.717, 1.165) is 18.4 Å². The molecule has 0 spiro atoms. The van der Waals surface area contributed by atoms with Gasteiger partial charge < -0.3 is 39.5 Å². The molecule has 0 radical (unpaired) electrons. The predicted molar refractivity (Wildman–Crippen MR) is 257 cm³/mol. The molecule has 3 N–H and O–H groups in total. The molecule has 0 bridgehead atoms. The minimum Gasteiger partial charge on any atom is -0.410 e. The second kappa shape index (κ2) is 26.0. The van der Waals surface area contributed by atoms with Crippen LogP contribution in [-0.4, -0.2) is 164 Å². The minimum atomic E-state index is -0.938. The molecule has 1 saturated carbocycles. The van der Waals surface area contributed by atoms with Crippen LogP contribution in [0.1, 0.15) is 91.5 Å². The molecule has 0 aromatic heterocycles. The SMILES string of the molecule is CCC(C)C(C(CC(=O)N1CCCC1C(OC)C(C)C(=O)NC(Cc1ccc(OC(=O)N2CCC(C(=O)S)CC2)cc1)C(=O)NSC1CC1)OC)N(C)C(=O)CNC(=O)C(C(C)C)N(C)C. The summed E-state index contributed by atoms with van der Waals surface area (Å²) in [5, 5.41) is 5.94. The van der Waals surface area contributed by atoms with Crippen molar-refractivity contribution in [2.24, 2.45) is 23.7 Å². The lowest BCUT2D eigenvalue weighted by atomic mass is 9.90. The highest BCUT2D eigenvalue weighted by Gasteiger charge is 2.43. The number of carbonyl (C=O) groups is 7. The van der Waals surface area contributed by atoms with Crippen molar-refractivity contribution in [3.05, 3.63) is 29.8 Å². The summed E-state index contributed by atoms with van der Waals surface area (Å²) < 4.78 is 20.5. The fourth-order valence-corrected chi connectivity index (χ4v) is 10.2. The Morgan fingerprint density at radius 3 is 2.06 bits per heavy atom. The molecule has 2 heterocycles. The van der Waals surface area contributed by atoms with E-state index >= 15 is 0 Å². The summed E-state index contributed by atoms with van der Waals surface area (Å²) in [7, 11) is 8.39. The molecule has 1 aromatic rings. The van der Waals surface area contributed by atoms with E-state index in [0.29, 0.717) is 62.7 Å². The maximum atomic E-state index is 14.3. The molecule has 19 heteroatoms. The molecule has 3 fully saturated rings. The number of thiol groups is 1. The average molecular weight is 962 g/mol. The maximum absolute atomic E-state index is 14.3. The molecule has 370 valence electrons. The number of hydrogen-bond acceptors (Lipinski definition) is 12. The number of methoxy groups -OCH3 is 2. The summed E-state index contributed by atoms with van der Waals surface area (Å²) in [6.45, 7) is 10.7. The number of likely N-dealkylation sites (tertiary alicyclic amines) is 2. The normalized spacial score (nSPS) is 19.9. The quantitative estimate of drug-likeness (QED) is 0.0863. The first kappa shape index (κ1) is 54.7. The van der Waals surface area contributed by atoms with Crippen molar-refractivity contribution < 1.29 is 47.8 Å². The standard InChI is InChI=1S/C47H75N7O10S2/c1-11-29(4)41(52(8)39(56)27-48-45(59)40(28(2)3)51(6)7)37(62-9)26-38(55)54-22-12-13-36(54)42(63-10)30(5)43(57)49-35(44(58)50-66-34-18-19-34)25-31-14-16-33(17-15-31)64-47(61)53-23-20-32(21-24-53)46(60)65/h14-17,28-30,32,34-37,40-42H,11-13,18-27H2,1-10H3,(H,48,59)(H,49,57)(H,50,58)(H,60,65). The fourth-order valence-electron chi connectivity index (χ4n) is 9.17. The molecule has 8 unspecified atom stereocenters. The molecule has 1 aromatic carbocycles. The van der Waals surface area contributed by atoms with E-state index in [4.69, 9.17) is 14.2 Å². The number of nitrogens with zero attached hydrogens (tertiary/aromatic N) is 4. The molecular weight excluding hydrogens is 887 g/mol. The third kappa shape index (κ3) is 15.3. The lowest BCUT2D eigenvalue weighted by Gasteiger charge is -2.39. The molecule has 3 aliphatic rings. The zero-order chi connectivity index (χ0) is 48.8. The van der Waals surface area contributed by atoms with E-state index in [1.165, 1.54) is 26.2 Å². The Bertz CT molecular complexity index is 1800. The Kier molecular flexibility index (Phi) is 21.6. The highest BCUT2D eigenvalue weighted by Crippen LogP contribution is 2.32. The van der Waals surface area contributed by atoms with Gasteiger partial charge in [0.2, 0.25) is 23.6 Å². The first-order valence-electron chi connectivity index (χ1n) is 23.4. The van der Waals surface area contributed by atoms with Crippen LogP contribution in [-0.2, 0) is 44.7 Å². The number of rotatable bonds is 24. The van der Waals surface area contributed by atoms with Crippen molar-refractivity contribution >= 4 is 65.3 Å². The number of hydrogen-bond donors (Lipinski definition) is 4. The van der Waals surface area contributed by atoms with E-state index in [-0.39, 0.29) is 65.9 Å². The van der Waals surface area contributed by atoms with Crippen LogP contribution in [0.2, 0.25) is 0 Å². The highest BCUT2D eigenvalue weighted by molar-refractivity contribution is 7.98. The number of nitrogens with one attached hydrogen (secondary N) is 3. The van der Waals surface area contributed by atoms with Crippen LogP contribution in [0.4, 0.5) is 4.79 Å². The zero-order valence-electron chi connectivity index (χ0n) is 40.6. The predicted octanol–water partition coefficient (Wildman–Crippen LogP) is 3.93. The van der Waals surface area contributed by atoms with Gasteiger partial charge in [0.1, 0.15) is 11.8 Å². The van der Waals surface area contributed by atoms with Gasteiger partial charge in [0.15, 0.2) is 5.12 Å². The van der Waals surface area contributed by atoms with Crippen LogP contribution >= 0.6 is 24.6 Å². The highest BCUT2D eigenvalue weighted by atomic mass is 32.2. The van der Waals surface area contributed by atoms with E-state index < -0.39 is 54.3 Å². The third-order valence-corrected chi connectivity index (χ3v) is 14.8. The summed E-state index contributed by atoms with van der Waals surface area (Å²) in [6.07, 6.45) is 3.36. The lowest BCUT2D eigenvalue weighted by Crippen LogP contribution is -2.55. The van der Waals surface area contributed by atoms with Gasteiger partial charge in [0.05, 0.1) is 49.2 Å². The minimum absolute atomic E-state index is 0.0187. The average Bonchev–Trinajstić information content (AvgIpc) is 4.00. The second-order valence-corrected chi connectivity index (χ2v) is 20.2. The Morgan fingerprint density at radius 1 is 0.864 bits per heavy atom. The van der Waals surface area contributed by atoms with E-state index in [9.17, 15) is 33.6 Å². The van der Waals surface area contributed by atoms with Gasteiger partial charge >= 0.3 is 6.09 Å². The van der Waals surface area contributed by atoms with Crippen molar-refractivity contribution in [1.29, 1.82) is 0 Å². The lowest BCUT2D eigenvalue weighted by molar-refractivity contribution is -0.146. The fraction of sp³-hybridized carbons (Fsp3) is 0.723. The first-order valence-corrected chi connectivity index (χ1v) is 24.7. The van der Waals surface area contributed by atoms with Crippen LogP contribution in [0.5, 0.6) is 5.75 Å². The van der Waals surface area contributed by atoms with E-state index in [1.54, 1.807) is 52.9 Å². The van der Waals surface area contributed by atoms with Crippen LogP contribution in [0, 0.1) is 23.7 Å². The monoisotopic (exact) mass is 962 g/mol. The molecule has 4 rings (SSSR count). The van der Waals surface area contributed by atoms with Crippen LogP contribution in [0.15, 0.2) is 24.3 Å². The molecule has 2 saturated heterocycles. The van der Waals surface area contributed by atoms with Gasteiger partial charge in [0.25, 0.3) is 5.91 Å². The number of ether oxygens (including phenoxy) is 3.